The second kappa shape index (κ2) is 9.51. The SMILES string of the molecule is CCOc1cc(C(=O)OCC(=O)Nc2ccc(Cl)cc2C(F)(F)F)ccc1OC. The lowest BCUT2D eigenvalue weighted by atomic mass is 10.1. The lowest BCUT2D eigenvalue weighted by Gasteiger charge is -2.14. The van der Waals surface area contributed by atoms with Crippen molar-refractivity contribution >= 4 is 29.2 Å². The third-order valence-corrected chi connectivity index (χ3v) is 3.83. The monoisotopic (exact) mass is 431 g/mol. The molecule has 0 aliphatic heterocycles. The summed E-state index contributed by atoms with van der Waals surface area (Å²) in [6.45, 7) is 1.30. The van der Waals surface area contributed by atoms with E-state index in [-0.39, 0.29) is 10.6 Å². The number of hydrogen-bond donors (Lipinski definition) is 1. The van der Waals surface area contributed by atoms with Gasteiger partial charge < -0.3 is 19.5 Å². The van der Waals surface area contributed by atoms with Gasteiger partial charge in [-0.2, -0.15) is 13.2 Å². The zero-order valence-electron chi connectivity index (χ0n) is 15.4. The van der Waals surface area contributed by atoms with E-state index in [1.165, 1.54) is 31.4 Å². The average Bonchev–Trinajstić information content (AvgIpc) is 2.67. The van der Waals surface area contributed by atoms with Gasteiger partial charge in [-0.05, 0) is 43.3 Å². The van der Waals surface area contributed by atoms with Crippen molar-refractivity contribution in [2.24, 2.45) is 0 Å². The quantitative estimate of drug-likeness (QED) is 0.650. The van der Waals surface area contributed by atoms with Crippen LogP contribution in [0.3, 0.4) is 0 Å². The number of methoxy groups -OCH3 is 1. The number of hydrogen-bond acceptors (Lipinski definition) is 5. The van der Waals surface area contributed by atoms with E-state index in [2.05, 4.69) is 5.32 Å². The molecule has 10 heteroatoms. The van der Waals surface area contributed by atoms with Crippen molar-refractivity contribution in [3.8, 4) is 11.5 Å². The maximum atomic E-state index is 13.1. The first kappa shape index (κ1) is 22.4. The van der Waals surface area contributed by atoms with Crippen molar-refractivity contribution in [3.05, 3.63) is 52.5 Å². The van der Waals surface area contributed by atoms with Crippen molar-refractivity contribution in [1.29, 1.82) is 0 Å². The van der Waals surface area contributed by atoms with Crippen molar-refractivity contribution in [3.63, 3.8) is 0 Å². The highest BCUT2D eigenvalue weighted by atomic mass is 35.5. The Kier molecular flexibility index (Phi) is 7.33. The number of carbonyl (C=O) groups excluding carboxylic acids is 2. The molecule has 0 unspecified atom stereocenters. The molecule has 0 fully saturated rings. The molecule has 1 N–H and O–H groups in total. The predicted molar refractivity (Wildman–Crippen MR) is 99.5 cm³/mol. The molecule has 0 aromatic heterocycles. The zero-order valence-corrected chi connectivity index (χ0v) is 16.2. The summed E-state index contributed by atoms with van der Waals surface area (Å²) >= 11 is 5.59. The van der Waals surface area contributed by atoms with Gasteiger partial charge in [-0.25, -0.2) is 4.79 Å². The smallest absolute Gasteiger partial charge is 0.418 e. The van der Waals surface area contributed by atoms with E-state index in [4.69, 9.17) is 25.8 Å². The van der Waals surface area contributed by atoms with E-state index in [1.807, 2.05) is 0 Å². The Labute approximate surface area is 169 Å². The Bertz CT molecular complexity index is 902. The number of halogens is 4. The van der Waals surface area contributed by atoms with Gasteiger partial charge in [-0.15, -0.1) is 0 Å². The number of amides is 1. The van der Waals surface area contributed by atoms with E-state index in [1.54, 1.807) is 6.92 Å². The Morgan fingerprint density at radius 3 is 2.45 bits per heavy atom. The molecule has 0 aliphatic carbocycles. The van der Waals surface area contributed by atoms with Crippen LogP contribution in [0.15, 0.2) is 36.4 Å². The van der Waals surface area contributed by atoms with E-state index < -0.39 is 35.9 Å². The van der Waals surface area contributed by atoms with E-state index in [0.29, 0.717) is 24.2 Å². The average molecular weight is 432 g/mol. The zero-order chi connectivity index (χ0) is 21.6. The lowest BCUT2D eigenvalue weighted by Crippen LogP contribution is -2.22. The second-order valence-corrected chi connectivity index (χ2v) is 6.05. The van der Waals surface area contributed by atoms with Crippen molar-refractivity contribution in [2.45, 2.75) is 13.1 Å². The molecule has 0 saturated heterocycles. The molecule has 0 bridgehead atoms. The fourth-order valence-electron chi connectivity index (χ4n) is 2.33. The Morgan fingerprint density at radius 2 is 1.83 bits per heavy atom. The minimum atomic E-state index is -4.72. The topological polar surface area (TPSA) is 73.9 Å². The number of alkyl halides is 3. The van der Waals surface area contributed by atoms with Crippen LogP contribution in [0.5, 0.6) is 11.5 Å². The largest absolute Gasteiger partial charge is 0.493 e. The van der Waals surface area contributed by atoms with E-state index in [0.717, 1.165) is 6.07 Å². The normalized spacial score (nSPS) is 11.0. The summed E-state index contributed by atoms with van der Waals surface area (Å²) in [7, 11) is 1.44. The number of nitrogens with one attached hydrogen (secondary N) is 1. The second-order valence-electron chi connectivity index (χ2n) is 5.61. The van der Waals surface area contributed by atoms with Crippen LogP contribution in [0.1, 0.15) is 22.8 Å². The molecule has 2 aromatic carbocycles. The molecule has 156 valence electrons. The molecular formula is C19H17ClF3NO5. The van der Waals surface area contributed by atoms with Crippen LogP contribution in [0.4, 0.5) is 18.9 Å². The number of benzene rings is 2. The van der Waals surface area contributed by atoms with Crippen LogP contribution in [-0.2, 0) is 15.7 Å². The number of anilines is 1. The van der Waals surface area contributed by atoms with Crippen LogP contribution in [-0.4, -0.2) is 32.2 Å². The number of ether oxygens (including phenoxy) is 3. The van der Waals surface area contributed by atoms with E-state index >= 15 is 0 Å². The number of carbonyl (C=O) groups is 2. The molecule has 2 rings (SSSR count). The summed E-state index contributed by atoms with van der Waals surface area (Å²) in [5.74, 6) is -1.07. The summed E-state index contributed by atoms with van der Waals surface area (Å²) in [5, 5.41) is 1.93. The van der Waals surface area contributed by atoms with E-state index in [9.17, 15) is 22.8 Å². The van der Waals surface area contributed by atoms with Crippen LogP contribution in [0.25, 0.3) is 0 Å². The van der Waals surface area contributed by atoms with Crippen LogP contribution in [0, 0.1) is 0 Å². The molecule has 1 amide bonds. The van der Waals surface area contributed by atoms with Gasteiger partial charge in [0, 0.05) is 5.02 Å². The summed E-state index contributed by atoms with van der Waals surface area (Å²) in [4.78, 5) is 24.1. The maximum absolute atomic E-state index is 13.1. The standard InChI is InChI=1S/C19H17ClF3NO5/c1-3-28-16-8-11(4-7-15(16)27-2)18(26)29-10-17(25)24-14-6-5-12(20)9-13(14)19(21,22)23/h4-9H,3,10H2,1-2H3,(H,24,25). The Morgan fingerprint density at radius 1 is 1.10 bits per heavy atom. The third-order valence-electron chi connectivity index (χ3n) is 3.59. The molecule has 0 atom stereocenters. The molecule has 0 radical (unpaired) electrons. The molecule has 6 nitrogen and oxygen atoms in total. The van der Waals surface area contributed by atoms with Gasteiger partial charge in [0.15, 0.2) is 18.1 Å². The van der Waals surface area contributed by atoms with Gasteiger partial charge in [0.25, 0.3) is 5.91 Å². The maximum Gasteiger partial charge on any atom is 0.418 e. The summed E-state index contributed by atoms with van der Waals surface area (Å²) in [6.07, 6.45) is -4.72. The molecule has 0 spiro atoms. The van der Waals surface area contributed by atoms with Gasteiger partial charge in [0.05, 0.1) is 30.5 Å². The highest BCUT2D eigenvalue weighted by molar-refractivity contribution is 6.30. The van der Waals surface area contributed by atoms with Gasteiger partial charge in [0.1, 0.15) is 0 Å². The van der Waals surface area contributed by atoms with Gasteiger partial charge in [0.2, 0.25) is 0 Å². The Hall–Kier alpha value is -2.94. The molecule has 29 heavy (non-hydrogen) atoms. The Balaban J connectivity index is 2.05. The van der Waals surface area contributed by atoms with Crippen molar-refractivity contribution < 1.29 is 37.0 Å². The number of esters is 1. The first-order valence-corrected chi connectivity index (χ1v) is 8.68. The number of rotatable bonds is 7. The lowest BCUT2D eigenvalue weighted by molar-refractivity contribution is -0.137. The third kappa shape index (κ3) is 6.02. The fraction of sp³-hybridized carbons (Fsp3) is 0.263. The first-order chi connectivity index (χ1) is 13.7. The molecular weight excluding hydrogens is 415 g/mol. The van der Waals surface area contributed by atoms with Crippen molar-refractivity contribution in [1.82, 2.24) is 0 Å². The molecule has 0 aliphatic rings. The minimum Gasteiger partial charge on any atom is -0.493 e. The highest BCUT2D eigenvalue weighted by Gasteiger charge is 2.34. The van der Waals surface area contributed by atoms with Gasteiger partial charge >= 0.3 is 12.1 Å². The molecule has 0 heterocycles. The summed E-state index contributed by atoms with van der Waals surface area (Å²) in [6, 6.07) is 7.18. The van der Waals surface area contributed by atoms with Crippen molar-refractivity contribution in [2.75, 3.05) is 25.6 Å². The van der Waals surface area contributed by atoms with Crippen LogP contribution < -0.4 is 14.8 Å². The predicted octanol–water partition coefficient (Wildman–Crippen LogP) is 4.56. The minimum absolute atomic E-state index is 0.0875. The summed E-state index contributed by atoms with van der Waals surface area (Å²) < 4.78 is 54.5. The van der Waals surface area contributed by atoms with Gasteiger partial charge in [-0.1, -0.05) is 11.6 Å². The first-order valence-electron chi connectivity index (χ1n) is 8.30. The van der Waals surface area contributed by atoms with Crippen LogP contribution >= 0.6 is 11.6 Å². The summed E-state index contributed by atoms with van der Waals surface area (Å²) in [5.41, 5.74) is -1.52. The highest BCUT2D eigenvalue weighted by Crippen LogP contribution is 2.36. The fourth-order valence-corrected chi connectivity index (χ4v) is 2.50. The molecule has 2 aromatic rings. The van der Waals surface area contributed by atoms with Crippen LogP contribution in [0.2, 0.25) is 5.02 Å². The molecule has 0 saturated carbocycles. The van der Waals surface area contributed by atoms with Gasteiger partial charge in [-0.3, -0.25) is 4.79 Å².